The predicted octanol–water partition coefficient (Wildman–Crippen LogP) is 3.63. The highest BCUT2D eigenvalue weighted by atomic mass is 16.6. The van der Waals surface area contributed by atoms with Crippen molar-refractivity contribution in [3.63, 3.8) is 0 Å². The molecule has 3 rings (SSSR count). The standard InChI is InChI=1S/C17H19NO5/c1-2-12(10-5-3-6-11(9-10)18(21)22)15-16(19)13-7-4-8-14(13)23-17(15)20/h3,5-6,9,12-14,19H,2,4,7-8H2,1H3. The number of carbonyl (C=O) groups is 1. The van der Waals surface area contributed by atoms with Gasteiger partial charge >= 0.3 is 5.97 Å². The lowest BCUT2D eigenvalue weighted by Gasteiger charge is -2.30. The lowest BCUT2D eigenvalue weighted by Crippen LogP contribution is -2.33. The average Bonchev–Trinajstić information content (AvgIpc) is 3.00. The number of benzene rings is 1. The van der Waals surface area contributed by atoms with Gasteiger partial charge in [0, 0.05) is 18.1 Å². The molecular weight excluding hydrogens is 298 g/mol. The maximum Gasteiger partial charge on any atom is 0.338 e. The quantitative estimate of drug-likeness (QED) is 0.520. The van der Waals surface area contributed by atoms with Crippen LogP contribution in [0.5, 0.6) is 0 Å². The summed E-state index contributed by atoms with van der Waals surface area (Å²) in [4.78, 5) is 22.9. The molecule has 0 radical (unpaired) electrons. The van der Waals surface area contributed by atoms with Crippen molar-refractivity contribution >= 4 is 11.7 Å². The van der Waals surface area contributed by atoms with Crippen LogP contribution >= 0.6 is 0 Å². The molecule has 3 atom stereocenters. The maximum atomic E-state index is 12.4. The van der Waals surface area contributed by atoms with Crippen molar-refractivity contribution in [2.45, 2.75) is 44.6 Å². The molecule has 6 heteroatoms. The first-order chi connectivity index (χ1) is 11.0. The van der Waals surface area contributed by atoms with Gasteiger partial charge in [0.05, 0.1) is 16.4 Å². The number of carbonyl (C=O) groups excluding carboxylic acids is 1. The van der Waals surface area contributed by atoms with Crippen molar-refractivity contribution in [1.82, 2.24) is 0 Å². The summed E-state index contributed by atoms with van der Waals surface area (Å²) in [6.07, 6.45) is 2.83. The fourth-order valence-corrected chi connectivity index (χ4v) is 3.67. The van der Waals surface area contributed by atoms with Gasteiger partial charge in [-0.25, -0.2) is 4.79 Å². The number of nitro groups is 1. The van der Waals surface area contributed by atoms with E-state index in [1.807, 2.05) is 6.92 Å². The molecule has 0 saturated heterocycles. The van der Waals surface area contributed by atoms with Gasteiger partial charge in [-0.3, -0.25) is 10.1 Å². The summed E-state index contributed by atoms with van der Waals surface area (Å²) in [6, 6.07) is 6.22. The monoisotopic (exact) mass is 317 g/mol. The van der Waals surface area contributed by atoms with Crippen LogP contribution < -0.4 is 0 Å². The number of hydrogen-bond donors (Lipinski definition) is 1. The number of aliphatic hydroxyl groups excluding tert-OH is 1. The Hall–Kier alpha value is -2.37. The second-order valence-corrected chi connectivity index (χ2v) is 6.09. The first-order valence-corrected chi connectivity index (χ1v) is 7.91. The van der Waals surface area contributed by atoms with E-state index in [0.29, 0.717) is 12.0 Å². The number of rotatable bonds is 4. The highest BCUT2D eigenvalue weighted by Gasteiger charge is 2.43. The van der Waals surface area contributed by atoms with Crippen LogP contribution in [-0.2, 0) is 9.53 Å². The Kier molecular flexibility index (Phi) is 4.07. The van der Waals surface area contributed by atoms with E-state index < -0.39 is 16.8 Å². The van der Waals surface area contributed by atoms with E-state index in [0.717, 1.165) is 19.3 Å². The number of fused-ring (bicyclic) bond motifs is 1. The van der Waals surface area contributed by atoms with Crippen molar-refractivity contribution in [3.05, 3.63) is 51.3 Å². The molecule has 0 amide bonds. The van der Waals surface area contributed by atoms with Gasteiger partial charge in [0.1, 0.15) is 11.9 Å². The molecule has 1 aromatic carbocycles. The van der Waals surface area contributed by atoms with Crippen molar-refractivity contribution < 1.29 is 19.6 Å². The Morgan fingerprint density at radius 1 is 1.43 bits per heavy atom. The van der Waals surface area contributed by atoms with Crippen molar-refractivity contribution in [2.24, 2.45) is 5.92 Å². The van der Waals surface area contributed by atoms with Gasteiger partial charge in [-0.15, -0.1) is 0 Å². The molecule has 1 aromatic rings. The zero-order chi connectivity index (χ0) is 16.6. The number of nitrogens with zero attached hydrogens (tertiary/aromatic N) is 1. The Bertz CT molecular complexity index is 681. The summed E-state index contributed by atoms with van der Waals surface area (Å²) in [7, 11) is 0. The fraction of sp³-hybridized carbons (Fsp3) is 0.471. The zero-order valence-electron chi connectivity index (χ0n) is 12.9. The Morgan fingerprint density at radius 2 is 2.22 bits per heavy atom. The first kappa shape index (κ1) is 15.5. The van der Waals surface area contributed by atoms with Crippen LogP contribution in [0.15, 0.2) is 35.6 Å². The van der Waals surface area contributed by atoms with Gasteiger partial charge in [-0.2, -0.15) is 0 Å². The Labute approximate surface area is 133 Å². The van der Waals surface area contributed by atoms with E-state index in [4.69, 9.17) is 4.74 Å². The Balaban J connectivity index is 2.03. The summed E-state index contributed by atoms with van der Waals surface area (Å²) in [5.41, 5.74) is 0.886. The van der Waals surface area contributed by atoms with Gasteiger partial charge in [0.15, 0.2) is 0 Å². The number of esters is 1. The van der Waals surface area contributed by atoms with E-state index in [1.165, 1.54) is 12.1 Å². The van der Waals surface area contributed by atoms with Gasteiger partial charge in [-0.1, -0.05) is 19.1 Å². The lowest BCUT2D eigenvalue weighted by atomic mass is 9.83. The zero-order valence-corrected chi connectivity index (χ0v) is 12.9. The second kappa shape index (κ2) is 6.02. The number of aliphatic hydroxyl groups is 1. The van der Waals surface area contributed by atoms with E-state index in [-0.39, 0.29) is 29.0 Å². The molecular formula is C17H19NO5. The number of hydrogen-bond acceptors (Lipinski definition) is 5. The van der Waals surface area contributed by atoms with Crippen LogP contribution in [0.3, 0.4) is 0 Å². The molecule has 1 aliphatic carbocycles. The third-order valence-corrected chi connectivity index (χ3v) is 4.80. The number of ether oxygens (including phenoxy) is 1. The van der Waals surface area contributed by atoms with Crippen molar-refractivity contribution in [3.8, 4) is 0 Å². The van der Waals surface area contributed by atoms with Crippen molar-refractivity contribution in [1.29, 1.82) is 0 Å². The van der Waals surface area contributed by atoms with Gasteiger partial charge in [0.25, 0.3) is 5.69 Å². The summed E-state index contributed by atoms with van der Waals surface area (Å²) in [6.45, 7) is 1.89. The topological polar surface area (TPSA) is 89.7 Å². The first-order valence-electron chi connectivity index (χ1n) is 7.91. The molecule has 1 saturated carbocycles. The average molecular weight is 317 g/mol. The molecule has 6 nitrogen and oxygen atoms in total. The van der Waals surface area contributed by atoms with E-state index in [1.54, 1.807) is 12.1 Å². The van der Waals surface area contributed by atoms with Crippen molar-refractivity contribution in [2.75, 3.05) is 0 Å². The number of nitro benzene ring substituents is 1. The van der Waals surface area contributed by atoms with E-state index >= 15 is 0 Å². The molecule has 2 aliphatic rings. The number of non-ortho nitro benzene ring substituents is 1. The molecule has 0 aromatic heterocycles. The molecule has 122 valence electrons. The second-order valence-electron chi connectivity index (χ2n) is 6.09. The van der Waals surface area contributed by atoms with E-state index in [2.05, 4.69) is 0 Å². The van der Waals surface area contributed by atoms with Gasteiger partial charge < -0.3 is 9.84 Å². The molecule has 1 heterocycles. The summed E-state index contributed by atoms with van der Waals surface area (Å²) < 4.78 is 5.48. The summed E-state index contributed by atoms with van der Waals surface area (Å²) in [5.74, 6) is -0.912. The fourth-order valence-electron chi connectivity index (χ4n) is 3.67. The van der Waals surface area contributed by atoms with Crippen LogP contribution in [0, 0.1) is 16.0 Å². The molecule has 0 spiro atoms. The van der Waals surface area contributed by atoms with Crippen LogP contribution in [0.1, 0.15) is 44.1 Å². The molecule has 3 unspecified atom stereocenters. The van der Waals surface area contributed by atoms with Gasteiger partial charge in [0.2, 0.25) is 0 Å². The Morgan fingerprint density at radius 3 is 2.91 bits per heavy atom. The normalized spacial score (nSPS) is 25.0. The minimum Gasteiger partial charge on any atom is -0.511 e. The summed E-state index contributed by atoms with van der Waals surface area (Å²) >= 11 is 0. The predicted molar refractivity (Wildman–Crippen MR) is 83.0 cm³/mol. The SMILES string of the molecule is CCC(C1=C(O)C2CCCC2OC1=O)c1cccc([N+](=O)[O-])c1. The molecule has 1 fully saturated rings. The van der Waals surface area contributed by atoms with Crippen LogP contribution in [-0.4, -0.2) is 22.1 Å². The minimum absolute atomic E-state index is 0.0241. The summed E-state index contributed by atoms with van der Waals surface area (Å²) in [5, 5.41) is 21.6. The van der Waals surface area contributed by atoms with Crippen LogP contribution in [0.4, 0.5) is 5.69 Å². The van der Waals surface area contributed by atoms with Crippen LogP contribution in [0.2, 0.25) is 0 Å². The smallest absolute Gasteiger partial charge is 0.338 e. The largest absolute Gasteiger partial charge is 0.511 e. The third-order valence-electron chi connectivity index (χ3n) is 4.80. The molecule has 1 N–H and O–H groups in total. The van der Waals surface area contributed by atoms with E-state index in [9.17, 15) is 20.0 Å². The molecule has 23 heavy (non-hydrogen) atoms. The highest BCUT2D eigenvalue weighted by Crippen LogP contribution is 2.43. The van der Waals surface area contributed by atoms with Gasteiger partial charge in [-0.05, 0) is 31.2 Å². The van der Waals surface area contributed by atoms with Crippen LogP contribution in [0.25, 0.3) is 0 Å². The highest BCUT2D eigenvalue weighted by molar-refractivity contribution is 5.92. The molecule has 0 bridgehead atoms. The lowest BCUT2D eigenvalue weighted by molar-refractivity contribution is -0.384. The third kappa shape index (κ3) is 2.69. The minimum atomic E-state index is -0.496. The maximum absolute atomic E-state index is 12.4. The molecule has 1 aliphatic heterocycles.